The molecule has 0 bridgehead atoms. The van der Waals surface area contributed by atoms with Gasteiger partial charge >= 0.3 is 5.97 Å². The molecule has 0 aromatic carbocycles. The van der Waals surface area contributed by atoms with E-state index in [1.54, 1.807) is 11.3 Å². The van der Waals surface area contributed by atoms with Crippen molar-refractivity contribution >= 4 is 17.3 Å². The average molecular weight is 213 g/mol. The Balaban J connectivity index is 2.21. The number of nitrogens with zero attached hydrogens (tertiary/aromatic N) is 1. The van der Waals surface area contributed by atoms with E-state index in [4.69, 9.17) is 0 Å². The maximum absolute atomic E-state index is 10.9. The van der Waals surface area contributed by atoms with Crippen LogP contribution in [0.2, 0.25) is 0 Å². The predicted molar refractivity (Wildman–Crippen MR) is 57.5 cm³/mol. The van der Waals surface area contributed by atoms with Crippen molar-refractivity contribution in [2.24, 2.45) is 0 Å². The van der Waals surface area contributed by atoms with Crippen molar-refractivity contribution < 1.29 is 9.53 Å². The fraction of sp³-hybridized carbons (Fsp3) is 0.500. The Kier molecular flexibility index (Phi) is 4.62. The molecular formula is C10H15NO2S. The van der Waals surface area contributed by atoms with Crippen LogP contribution >= 0.6 is 11.3 Å². The van der Waals surface area contributed by atoms with Gasteiger partial charge in [0.1, 0.15) is 0 Å². The molecule has 0 atom stereocenters. The van der Waals surface area contributed by atoms with Crippen LogP contribution < -0.4 is 0 Å². The molecule has 0 unspecified atom stereocenters. The predicted octanol–water partition coefficient (Wildman–Crippen LogP) is 1.40. The highest BCUT2D eigenvalue weighted by Gasteiger charge is 2.05. The van der Waals surface area contributed by atoms with Crippen molar-refractivity contribution in [3.8, 4) is 0 Å². The van der Waals surface area contributed by atoms with Crippen molar-refractivity contribution in [1.82, 2.24) is 4.90 Å². The number of rotatable bonds is 5. The maximum Gasteiger partial charge on any atom is 0.319 e. The Labute approximate surface area is 88.3 Å². The second-order valence-corrected chi connectivity index (χ2v) is 4.18. The minimum atomic E-state index is -0.182. The normalized spacial score (nSPS) is 10.5. The highest BCUT2D eigenvalue weighted by molar-refractivity contribution is 7.09. The van der Waals surface area contributed by atoms with Gasteiger partial charge in [0.2, 0.25) is 0 Å². The first-order valence-corrected chi connectivity index (χ1v) is 5.38. The first-order chi connectivity index (χ1) is 6.72. The molecule has 3 nitrogen and oxygen atoms in total. The summed E-state index contributed by atoms with van der Waals surface area (Å²) in [6, 6.07) is 4.15. The van der Waals surface area contributed by atoms with Gasteiger partial charge in [-0.2, -0.15) is 0 Å². The van der Waals surface area contributed by atoms with Gasteiger partial charge in [-0.25, -0.2) is 0 Å². The first kappa shape index (κ1) is 11.2. The minimum Gasteiger partial charge on any atom is -0.468 e. The first-order valence-electron chi connectivity index (χ1n) is 4.50. The summed E-state index contributed by atoms with van der Waals surface area (Å²) < 4.78 is 4.58. The molecule has 1 heterocycles. The monoisotopic (exact) mass is 213 g/mol. The van der Waals surface area contributed by atoms with Crippen LogP contribution in [0.5, 0.6) is 0 Å². The van der Waals surface area contributed by atoms with Gasteiger partial charge in [-0.05, 0) is 24.9 Å². The molecule has 0 saturated heterocycles. The molecule has 0 amide bonds. The number of carbonyl (C=O) groups is 1. The van der Waals surface area contributed by atoms with Crippen LogP contribution in [-0.4, -0.2) is 38.1 Å². The van der Waals surface area contributed by atoms with E-state index in [-0.39, 0.29) is 5.97 Å². The molecule has 4 heteroatoms. The van der Waals surface area contributed by atoms with E-state index >= 15 is 0 Å². The van der Waals surface area contributed by atoms with Gasteiger partial charge < -0.3 is 4.74 Å². The van der Waals surface area contributed by atoms with Crippen LogP contribution in [0.15, 0.2) is 17.5 Å². The van der Waals surface area contributed by atoms with Crippen LogP contribution in [0.3, 0.4) is 0 Å². The van der Waals surface area contributed by atoms with E-state index < -0.39 is 0 Å². The third-order valence-electron chi connectivity index (χ3n) is 1.95. The molecular weight excluding hydrogens is 198 g/mol. The fourth-order valence-electron chi connectivity index (χ4n) is 1.12. The van der Waals surface area contributed by atoms with Gasteiger partial charge in [-0.1, -0.05) is 6.07 Å². The van der Waals surface area contributed by atoms with Gasteiger partial charge in [-0.15, -0.1) is 11.3 Å². The molecule has 14 heavy (non-hydrogen) atoms. The van der Waals surface area contributed by atoms with Crippen molar-refractivity contribution in [2.75, 3.05) is 27.2 Å². The molecule has 0 radical (unpaired) electrons. The summed E-state index contributed by atoms with van der Waals surface area (Å²) in [7, 11) is 3.33. The number of ether oxygens (including phenoxy) is 1. The summed E-state index contributed by atoms with van der Waals surface area (Å²) in [5, 5.41) is 2.07. The van der Waals surface area contributed by atoms with E-state index in [0.717, 1.165) is 13.0 Å². The van der Waals surface area contributed by atoms with Crippen LogP contribution in [0.4, 0.5) is 0 Å². The van der Waals surface area contributed by atoms with E-state index in [1.165, 1.54) is 12.0 Å². The highest BCUT2D eigenvalue weighted by atomic mass is 32.1. The zero-order valence-electron chi connectivity index (χ0n) is 8.53. The van der Waals surface area contributed by atoms with E-state index in [2.05, 4.69) is 16.2 Å². The Morgan fingerprint density at radius 2 is 2.43 bits per heavy atom. The van der Waals surface area contributed by atoms with Crippen LogP contribution in [0.1, 0.15) is 4.88 Å². The lowest BCUT2D eigenvalue weighted by Crippen LogP contribution is -2.28. The van der Waals surface area contributed by atoms with E-state index in [1.807, 2.05) is 18.0 Å². The van der Waals surface area contributed by atoms with Crippen LogP contribution in [0, 0.1) is 0 Å². The van der Waals surface area contributed by atoms with Crippen LogP contribution in [-0.2, 0) is 16.0 Å². The van der Waals surface area contributed by atoms with Gasteiger partial charge in [0.05, 0.1) is 13.7 Å². The summed E-state index contributed by atoms with van der Waals surface area (Å²) in [5.41, 5.74) is 0. The Hall–Kier alpha value is -0.870. The fourth-order valence-corrected chi connectivity index (χ4v) is 1.82. The molecule has 0 aliphatic rings. The summed E-state index contributed by atoms with van der Waals surface area (Å²) in [6.45, 7) is 1.25. The van der Waals surface area contributed by atoms with Gasteiger partial charge in [-0.3, -0.25) is 9.69 Å². The number of thiophene rings is 1. The van der Waals surface area contributed by atoms with Crippen molar-refractivity contribution in [2.45, 2.75) is 6.42 Å². The number of hydrogen-bond acceptors (Lipinski definition) is 4. The Morgan fingerprint density at radius 3 is 3.00 bits per heavy atom. The highest BCUT2D eigenvalue weighted by Crippen LogP contribution is 2.09. The quantitative estimate of drug-likeness (QED) is 0.692. The Bertz CT molecular complexity index is 272. The van der Waals surface area contributed by atoms with Gasteiger partial charge in [0, 0.05) is 11.4 Å². The number of likely N-dealkylation sites (N-methyl/N-ethyl adjacent to an activating group) is 1. The summed E-state index contributed by atoms with van der Waals surface area (Å²) in [6.07, 6.45) is 0.991. The smallest absolute Gasteiger partial charge is 0.319 e. The SMILES string of the molecule is COC(=O)CN(C)CCc1cccs1. The van der Waals surface area contributed by atoms with Crippen molar-refractivity contribution in [1.29, 1.82) is 0 Å². The average Bonchev–Trinajstić information content (AvgIpc) is 2.67. The summed E-state index contributed by atoms with van der Waals surface area (Å²) in [5.74, 6) is -0.182. The van der Waals surface area contributed by atoms with E-state index in [0.29, 0.717) is 6.54 Å². The van der Waals surface area contributed by atoms with Crippen molar-refractivity contribution in [3.63, 3.8) is 0 Å². The molecule has 0 N–H and O–H groups in total. The molecule has 0 saturated carbocycles. The topological polar surface area (TPSA) is 29.5 Å². The third kappa shape index (κ3) is 3.89. The maximum atomic E-state index is 10.9. The molecule has 0 spiro atoms. The number of esters is 1. The second kappa shape index (κ2) is 5.78. The lowest BCUT2D eigenvalue weighted by atomic mass is 10.3. The molecule has 78 valence electrons. The zero-order valence-corrected chi connectivity index (χ0v) is 9.34. The molecule has 0 aliphatic heterocycles. The lowest BCUT2D eigenvalue weighted by molar-refractivity contribution is -0.141. The molecule has 1 aromatic rings. The largest absolute Gasteiger partial charge is 0.468 e. The number of methoxy groups -OCH3 is 1. The van der Waals surface area contributed by atoms with Crippen LogP contribution in [0.25, 0.3) is 0 Å². The summed E-state index contributed by atoms with van der Waals surface area (Å²) >= 11 is 1.75. The lowest BCUT2D eigenvalue weighted by Gasteiger charge is -2.13. The summed E-state index contributed by atoms with van der Waals surface area (Å²) in [4.78, 5) is 14.2. The number of carbonyl (C=O) groups excluding carboxylic acids is 1. The number of hydrogen-bond donors (Lipinski definition) is 0. The van der Waals surface area contributed by atoms with Gasteiger partial charge in [0.25, 0.3) is 0 Å². The Morgan fingerprint density at radius 1 is 1.64 bits per heavy atom. The van der Waals surface area contributed by atoms with Gasteiger partial charge in [0.15, 0.2) is 0 Å². The molecule has 0 fully saturated rings. The second-order valence-electron chi connectivity index (χ2n) is 3.14. The molecule has 1 rings (SSSR count). The van der Waals surface area contributed by atoms with E-state index in [9.17, 15) is 4.79 Å². The minimum absolute atomic E-state index is 0.182. The zero-order chi connectivity index (χ0) is 10.4. The third-order valence-corrected chi connectivity index (χ3v) is 2.88. The molecule has 0 aliphatic carbocycles. The van der Waals surface area contributed by atoms with Crippen molar-refractivity contribution in [3.05, 3.63) is 22.4 Å². The molecule has 1 aromatic heterocycles. The standard InChI is InChI=1S/C10H15NO2S/c1-11(8-10(12)13-2)6-5-9-4-3-7-14-9/h3-4,7H,5-6,8H2,1-2H3.